The van der Waals surface area contributed by atoms with E-state index in [0.29, 0.717) is 17.6 Å². The third-order valence-corrected chi connectivity index (χ3v) is 4.32. The summed E-state index contributed by atoms with van der Waals surface area (Å²) in [5, 5.41) is 0. The van der Waals surface area contributed by atoms with Crippen molar-refractivity contribution in [2.24, 2.45) is 11.1 Å². The summed E-state index contributed by atoms with van der Waals surface area (Å²) in [7, 11) is 0. The first kappa shape index (κ1) is 15.4. The van der Waals surface area contributed by atoms with Crippen molar-refractivity contribution in [2.45, 2.75) is 52.2 Å². The van der Waals surface area contributed by atoms with Crippen molar-refractivity contribution in [2.75, 3.05) is 0 Å². The van der Waals surface area contributed by atoms with Crippen LogP contribution in [0, 0.1) is 11.2 Å². The molecule has 2 nitrogen and oxygen atoms in total. The van der Waals surface area contributed by atoms with Gasteiger partial charge in [0.05, 0.1) is 12.7 Å². The number of benzene rings is 1. The van der Waals surface area contributed by atoms with Crippen LogP contribution in [0.15, 0.2) is 18.2 Å². The fourth-order valence-corrected chi connectivity index (χ4v) is 2.84. The maximum absolute atomic E-state index is 13.2. The SMILES string of the molecule is CC1(C)CCC(OCc2ccc(F)cc2C(N)=S)CC1. The summed E-state index contributed by atoms with van der Waals surface area (Å²) in [6.45, 7) is 5.04. The second kappa shape index (κ2) is 6.19. The van der Waals surface area contributed by atoms with Gasteiger partial charge in [0.1, 0.15) is 10.8 Å². The van der Waals surface area contributed by atoms with Gasteiger partial charge in [0, 0.05) is 5.56 Å². The van der Waals surface area contributed by atoms with E-state index < -0.39 is 0 Å². The second-order valence-electron chi connectivity index (χ2n) is 6.34. The third-order valence-electron chi connectivity index (χ3n) is 4.10. The molecule has 1 aromatic rings. The molecular formula is C16H22FNOS. The number of nitrogens with two attached hydrogens (primary N) is 1. The molecule has 1 aromatic carbocycles. The first-order valence-electron chi connectivity index (χ1n) is 7.07. The van der Waals surface area contributed by atoms with Crippen LogP contribution in [0.5, 0.6) is 0 Å². The Labute approximate surface area is 125 Å². The minimum absolute atomic E-state index is 0.216. The van der Waals surface area contributed by atoms with Crippen LogP contribution in [-0.4, -0.2) is 11.1 Å². The number of halogens is 1. The monoisotopic (exact) mass is 295 g/mol. The van der Waals surface area contributed by atoms with Crippen molar-refractivity contribution in [1.29, 1.82) is 0 Å². The topological polar surface area (TPSA) is 35.2 Å². The van der Waals surface area contributed by atoms with Crippen LogP contribution in [0.2, 0.25) is 0 Å². The average molecular weight is 295 g/mol. The lowest BCUT2D eigenvalue weighted by molar-refractivity contribution is -0.00564. The summed E-state index contributed by atoms with van der Waals surface area (Å²) >= 11 is 4.97. The van der Waals surface area contributed by atoms with E-state index in [-0.39, 0.29) is 16.9 Å². The number of rotatable bonds is 4. The van der Waals surface area contributed by atoms with E-state index in [2.05, 4.69) is 13.8 Å². The van der Waals surface area contributed by atoms with E-state index in [1.165, 1.54) is 25.0 Å². The molecule has 0 amide bonds. The first-order chi connectivity index (χ1) is 9.37. The Bertz CT molecular complexity index is 491. The summed E-state index contributed by atoms with van der Waals surface area (Å²) in [6.07, 6.45) is 4.81. The van der Waals surface area contributed by atoms with Crippen LogP contribution < -0.4 is 5.73 Å². The lowest BCUT2D eigenvalue weighted by atomic mass is 9.76. The Kier molecular flexibility index (Phi) is 4.76. The molecule has 20 heavy (non-hydrogen) atoms. The standard InChI is InChI=1S/C16H22FNOS/c1-16(2)7-5-13(6-8-16)19-10-11-3-4-12(17)9-14(11)15(18)20/h3-4,9,13H,5-8,10H2,1-2H3,(H2,18,20). The minimum atomic E-state index is -0.323. The normalized spacial score (nSPS) is 18.9. The molecule has 1 saturated carbocycles. The molecule has 0 unspecified atom stereocenters. The summed E-state index contributed by atoms with van der Waals surface area (Å²) in [6, 6.07) is 4.51. The van der Waals surface area contributed by atoms with Gasteiger partial charge in [-0.1, -0.05) is 32.1 Å². The second-order valence-corrected chi connectivity index (χ2v) is 6.78. The molecular weight excluding hydrogens is 273 g/mol. The van der Waals surface area contributed by atoms with Gasteiger partial charge in [0.2, 0.25) is 0 Å². The highest BCUT2D eigenvalue weighted by molar-refractivity contribution is 7.80. The van der Waals surface area contributed by atoms with Crippen LogP contribution in [0.4, 0.5) is 4.39 Å². The fourth-order valence-electron chi connectivity index (χ4n) is 2.65. The molecule has 2 rings (SSSR count). The summed E-state index contributed by atoms with van der Waals surface area (Å²) in [4.78, 5) is 0.216. The van der Waals surface area contributed by atoms with Crippen molar-refractivity contribution >= 4 is 17.2 Å². The molecule has 0 heterocycles. The van der Waals surface area contributed by atoms with Gasteiger partial charge in [0.15, 0.2) is 0 Å². The maximum Gasteiger partial charge on any atom is 0.123 e. The molecule has 0 atom stereocenters. The Hall–Kier alpha value is -1.00. The molecule has 0 aromatic heterocycles. The van der Waals surface area contributed by atoms with Gasteiger partial charge in [-0.2, -0.15) is 0 Å². The molecule has 0 aliphatic heterocycles. The molecule has 110 valence electrons. The van der Waals surface area contributed by atoms with Crippen LogP contribution in [0.1, 0.15) is 50.7 Å². The van der Waals surface area contributed by atoms with Gasteiger partial charge >= 0.3 is 0 Å². The van der Waals surface area contributed by atoms with Gasteiger partial charge in [-0.3, -0.25) is 0 Å². The summed E-state index contributed by atoms with van der Waals surface area (Å²) < 4.78 is 19.2. The molecule has 1 aliphatic carbocycles. The fraction of sp³-hybridized carbons (Fsp3) is 0.562. The van der Waals surface area contributed by atoms with Crippen molar-refractivity contribution in [3.63, 3.8) is 0 Å². The lowest BCUT2D eigenvalue weighted by Gasteiger charge is -2.34. The quantitative estimate of drug-likeness (QED) is 0.854. The number of thiocarbonyl (C=S) groups is 1. The van der Waals surface area contributed by atoms with E-state index in [1.807, 2.05) is 0 Å². The molecule has 2 N–H and O–H groups in total. The largest absolute Gasteiger partial charge is 0.389 e. The van der Waals surface area contributed by atoms with Crippen LogP contribution in [0.25, 0.3) is 0 Å². The Balaban J connectivity index is 1.96. The minimum Gasteiger partial charge on any atom is -0.389 e. The van der Waals surface area contributed by atoms with Gasteiger partial charge in [-0.05, 0) is 48.8 Å². The smallest absolute Gasteiger partial charge is 0.123 e. The van der Waals surface area contributed by atoms with E-state index in [9.17, 15) is 4.39 Å². The van der Waals surface area contributed by atoms with Crippen molar-refractivity contribution in [3.05, 3.63) is 35.1 Å². The third kappa shape index (κ3) is 4.00. The number of ether oxygens (including phenoxy) is 1. The van der Waals surface area contributed by atoms with Gasteiger partial charge in [-0.25, -0.2) is 4.39 Å². The van der Waals surface area contributed by atoms with Crippen LogP contribution in [0.3, 0.4) is 0 Å². The predicted molar refractivity (Wildman–Crippen MR) is 83.1 cm³/mol. The van der Waals surface area contributed by atoms with Crippen LogP contribution in [-0.2, 0) is 11.3 Å². The molecule has 0 bridgehead atoms. The Morgan fingerprint density at radius 1 is 1.40 bits per heavy atom. The molecule has 0 spiro atoms. The molecule has 0 saturated heterocycles. The highest BCUT2D eigenvalue weighted by Crippen LogP contribution is 2.36. The van der Waals surface area contributed by atoms with Gasteiger partial charge < -0.3 is 10.5 Å². The molecule has 0 radical (unpaired) electrons. The van der Waals surface area contributed by atoms with Gasteiger partial charge in [-0.15, -0.1) is 0 Å². The zero-order valence-electron chi connectivity index (χ0n) is 12.1. The van der Waals surface area contributed by atoms with Gasteiger partial charge in [0.25, 0.3) is 0 Å². The average Bonchev–Trinajstić information content (AvgIpc) is 2.38. The maximum atomic E-state index is 13.2. The summed E-state index contributed by atoms with van der Waals surface area (Å²) in [5.41, 5.74) is 7.51. The highest BCUT2D eigenvalue weighted by atomic mass is 32.1. The van der Waals surface area contributed by atoms with E-state index in [1.54, 1.807) is 6.07 Å². The van der Waals surface area contributed by atoms with E-state index in [4.69, 9.17) is 22.7 Å². The van der Waals surface area contributed by atoms with Crippen molar-refractivity contribution < 1.29 is 9.13 Å². The highest BCUT2D eigenvalue weighted by Gasteiger charge is 2.27. The van der Waals surface area contributed by atoms with Crippen LogP contribution >= 0.6 is 12.2 Å². The van der Waals surface area contributed by atoms with E-state index >= 15 is 0 Å². The number of hydrogen-bond donors (Lipinski definition) is 1. The zero-order valence-corrected chi connectivity index (χ0v) is 12.9. The Morgan fingerprint density at radius 2 is 2.05 bits per heavy atom. The molecule has 1 aliphatic rings. The zero-order chi connectivity index (χ0) is 14.8. The number of hydrogen-bond acceptors (Lipinski definition) is 2. The molecule has 1 fully saturated rings. The molecule has 4 heteroatoms. The van der Waals surface area contributed by atoms with Crippen molar-refractivity contribution in [3.8, 4) is 0 Å². The predicted octanol–water partition coefficient (Wildman–Crippen LogP) is 3.95. The summed E-state index contributed by atoms with van der Waals surface area (Å²) in [5.74, 6) is -0.323. The lowest BCUT2D eigenvalue weighted by Crippen LogP contribution is -2.26. The Morgan fingerprint density at radius 3 is 2.65 bits per heavy atom. The van der Waals surface area contributed by atoms with E-state index in [0.717, 1.165) is 18.4 Å². The van der Waals surface area contributed by atoms with Crippen molar-refractivity contribution in [1.82, 2.24) is 0 Å². The first-order valence-corrected chi connectivity index (χ1v) is 7.48.